The van der Waals surface area contributed by atoms with Crippen LogP contribution in [0.2, 0.25) is 0 Å². The van der Waals surface area contributed by atoms with Crippen molar-refractivity contribution in [1.82, 2.24) is 5.32 Å². The molecule has 0 heterocycles. The van der Waals surface area contributed by atoms with E-state index in [0.717, 1.165) is 19.4 Å². The van der Waals surface area contributed by atoms with Gasteiger partial charge in [0, 0.05) is 17.9 Å². The second kappa shape index (κ2) is 4.94. The van der Waals surface area contributed by atoms with Crippen LogP contribution >= 0.6 is 0 Å². The molecule has 0 radical (unpaired) electrons. The maximum atomic E-state index is 10.8. The van der Waals surface area contributed by atoms with Gasteiger partial charge in [-0.15, -0.1) is 0 Å². The van der Waals surface area contributed by atoms with Crippen molar-refractivity contribution in [2.45, 2.75) is 45.3 Å². The van der Waals surface area contributed by atoms with E-state index in [1.807, 2.05) is 0 Å². The minimum absolute atomic E-state index is 0.0364. The minimum atomic E-state index is -0.199. The fraction of sp³-hybridized carbons (Fsp3) is 0.909. The van der Waals surface area contributed by atoms with Crippen LogP contribution in [0.25, 0.3) is 0 Å². The molecule has 1 aliphatic carbocycles. The standard InChI is InChI=1S/C11H21NO3/c1-11(2)8(7-9(11)13)12-6-4-5-10(14)15-3/h8-9,12-13H,4-7H2,1-3H3. The Morgan fingerprint density at radius 1 is 1.60 bits per heavy atom. The average Bonchev–Trinajstić information content (AvgIpc) is 2.22. The highest BCUT2D eigenvalue weighted by Gasteiger charge is 2.46. The third-order valence-corrected chi connectivity index (χ3v) is 3.39. The zero-order chi connectivity index (χ0) is 11.5. The summed E-state index contributed by atoms with van der Waals surface area (Å²) in [6.45, 7) is 4.91. The van der Waals surface area contributed by atoms with Crippen LogP contribution in [0.15, 0.2) is 0 Å². The second-order valence-electron chi connectivity index (χ2n) is 4.76. The number of carbonyl (C=O) groups excluding carboxylic acids is 1. The molecule has 4 heteroatoms. The Morgan fingerprint density at radius 2 is 2.27 bits per heavy atom. The molecular weight excluding hydrogens is 194 g/mol. The van der Waals surface area contributed by atoms with Gasteiger partial charge in [0.15, 0.2) is 0 Å². The molecule has 4 nitrogen and oxygen atoms in total. The topological polar surface area (TPSA) is 58.6 Å². The fourth-order valence-electron chi connectivity index (χ4n) is 1.86. The summed E-state index contributed by atoms with van der Waals surface area (Å²) in [5.74, 6) is -0.162. The summed E-state index contributed by atoms with van der Waals surface area (Å²) in [5.41, 5.74) is -0.0364. The van der Waals surface area contributed by atoms with Crippen LogP contribution in [0.3, 0.4) is 0 Å². The maximum Gasteiger partial charge on any atom is 0.305 e. The fourth-order valence-corrected chi connectivity index (χ4v) is 1.86. The monoisotopic (exact) mass is 215 g/mol. The first-order valence-corrected chi connectivity index (χ1v) is 5.46. The number of aliphatic hydroxyl groups is 1. The van der Waals surface area contributed by atoms with Crippen LogP contribution in [0.4, 0.5) is 0 Å². The van der Waals surface area contributed by atoms with E-state index in [4.69, 9.17) is 0 Å². The van der Waals surface area contributed by atoms with Crippen LogP contribution in [0.5, 0.6) is 0 Å². The van der Waals surface area contributed by atoms with Gasteiger partial charge in [-0.05, 0) is 19.4 Å². The Kier molecular flexibility index (Phi) is 4.11. The summed E-state index contributed by atoms with van der Waals surface area (Å²) in [6.07, 6.45) is 1.86. The van der Waals surface area contributed by atoms with E-state index in [1.54, 1.807) is 0 Å². The first kappa shape index (κ1) is 12.5. The van der Waals surface area contributed by atoms with Gasteiger partial charge >= 0.3 is 5.97 Å². The van der Waals surface area contributed by atoms with Gasteiger partial charge in [-0.3, -0.25) is 4.79 Å². The molecule has 88 valence electrons. The highest BCUT2D eigenvalue weighted by molar-refractivity contribution is 5.69. The number of nitrogens with one attached hydrogen (secondary N) is 1. The first-order chi connectivity index (χ1) is 6.98. The highest BCUT2D eigenvalue weighted by atomic mass is 16.5. The maximum absolute atomic E-state index is 10.8. The largest absolute Gasteiger partial charge is 0.469 e. The molecule has 0 spiro atoms. The number of aliphatic hydroxyl groups excluding tert-OH is 1. The Hall–Kier alpha value is -0.610. The van der Waals surface area contributed by atoms with Crippen molar-refractivity contribution in [2.24, 2.45) is 5.41 Å². The molecule has 2 atom stereocenters. The number of hydrogen-bond acceptors (Lipinski definition) is 4. The summed E-state index contributed by atoms with van der Waals surface area (Å²) in [4.78, 5) is 10.8. The van der Waals surface area contributed by atoms with Crippen molar-refractivity contribution in [1.29, 1.82) is 0 Å². The van der Waals surface area contributed by atoms with Crippen LogP contribution in [0.1, 0.15) is 33.1 Å². The number of esters is 1. The summed E-state index contributed by atoms with van der Waals surface area (Å²) < 4.78 is 4.55. The number of hydrogen-bond donors (Lipinski definition) is 2. The molecule has 0 amide bonds. The average molecular weight is 215 g/mol. The van der Waals surface area contributed by atoms with E-state index in [1.165, 1.54) is 7.11 Å². The molecule has 0 aromatic rings. The van der Waals surface area contributed by atoms with Gasteiger partial charge in [0.1, 0.15) is 0 Å². The summed E-state index contributed by atoms with van der Waals surface area (Å²) in [5, 5.41) is 12.9. The third-order valence-electron chi connectivity index (χ3n) is 3.39. The van der Waals surface area contributed by atoms with Crippen molar-refractivity contribution < 1.29 is 14.6 Å². The molecule has 15 heavy (non-hydrogen) atoms. The van der Waals surface area contributed by atoms with Crippen molar-refractivity contribution in [3.8, 4) is 0 Å². The molecule has 2 unspecified atom stereocenters. The van der Waals surface area contributed by atoms with Gasteiger partial charge in [-0.2, -0.15) is 0 Å². The number of methoxy groups -OCH3 is 1. The Morgan fingerprint density at radius 3 is 2.73 bits per heavy atom. The highest BCUT2D eigenvalue weighted by Crippen LogP contribution is 2.40. The van der Waals surface area contributed by atoms with Gasteiger partial charge in [0.05, 0.1) is 13.2 Å². The Balaban J connectivity index is 2.09. The number of carbonyl (C=O) groups is 1. The molecule has 1 fully saturated rings. The molecule has 0 aromatic carbocycles. The summed E-state index contributed by atoms with van der Waals surface area (Å²) in [6, 6.07) is 0.366. The van der Waals surface area contributed by atoms with Gasteiger partial charge in [-0.1, -0.05) is 13.8 Å². The summed E-state index contributed by atoms with van der Waals surface area (Å²) in [7, 11) is 1.40. The smallest absolute Gasteiger partial charge is 0.305 e. The number of rotatable bonds is 5. The normalized spacial score (nSPS) is 28.3. The van der Waals surface area contributed by atoms with E-state index in [-0.39, 0.29) is 17.5 Å². The predicted octanol–water partition coefficient (Wildman–Crippen LogP) is 0.689. The lowest BCUT2D eigenvalue weighted by atomic mass is 9.64. The van der Waals surface area contributed by atoms with Gasteiger partial charge in [0.2, 0.25) is 0 Å². The molecule has 1 rings (SSSR count). The molecular formula is C11H21NO3. The first-order valence-electron chi connectivity index (χ1n) is 5.46. The van der Waals surface area contributed by atoms with E-state index >= 15 is 0 Å². The van der Waals surface area contributed by atoms with Crippen LogP contribution in [0, 0.1) is 5.41 Å². The Bertz CT molecular complexity index is 228. The Labute approximate surface area is 91.0 Å². The van der Waals surface area contributed by atoms with Crippen molar-refractivity contribution in [3.05, 3.63) is 0 Å². The van der Waals surface area contributed by atoms with Crippen molar-refractivity contribution in [3.63, 3.8) is 0 Å². The molecule has 1 saturated carbocycles. The SMILES string of the molecule is COC(=O)CCCNC1CC(O)C1(C)C. The van der Waals surface area contributed by atoms with Gasteiger partial charge in [0.25, 0.3) is 0 Å². The quantitative estimate of drug-likeness (QED) is 0.523. The van der Waals surface area contributed by atoms with Crippen LogP contribution < -0.4 is 5.32 Å². The molecule has 0 aliphatic heterocycles. The molecule has 2 N–H and O–H groups in total. The van der Waals surface area contributed by atoms with E-state index < -0.39 is 0 Å². The molecule has 0 aromatic heterocycles. The van der Waals surface area contributed by atoms with E-state index in [2.05, 4.69) is 23.9 Å². The van der Waals surface area contributed by atoms with Crippen molar-refractivity contribution >= 4 is 5.97 Å². The minimum Gasteiger partial charge on any atom is -0.469 e. The van der Waals surface area contributed by atoms with Gasteiger partial charge < -0.3 is 15.2 Å². The van der Waals surface area contributed by atoms with Crippen molar-refractivity contribution in [2.75, 3.05) is 13.7 Å². The van der Waals surface area contributed by atoms with Crippen LogP contribution in [-0.2, 0) is 9.53 Å². The van der Waals surface area contributed by atoms with Crippen LogP contribution in [-0.4, -0.2) is 36.9 Å². The zero-order valence-electron chi connectivity index (χ0n) is 9.75. The second-order valence-corrected chi connectivity index (χ2v) is 4.76. The lowest BCUT2D eigenvalue weighted by Crippen LogP contribution is -2.60. The number of ether oxygens (including phenoxy) is 1. The van der Waals surface area contributed by atoms with E-state index in [0.29, 0.717) is 12.5 Å². The zero-order valence-corrected chi connectivity index (χ0v) is 9.75. The van der Waals surface area contributed by atoms with E-state index in [9.17, 15) is 9.90 Å². The van der Waals surface area contributed by atoms with Gasteiger partial charge in [-0.25, -0.2) is 0 Å². The predicted molar refractivity (Wildman–Crippen MR) is 57.4 cm³/mol. The molecule has 0 bridgehead atoms. The molecule has 0 saturated heterocycles. The molecule has 1 aliphatic rings. The lowest BCUT2D eigenvalue weighted by molar-refractivity contribution is -0.140. The summed E-state index contributed by atoms with van der Waals surface area (Å²) >= 11 is 0. The lowest BCUT2D eigenvalue weighted by Gasteiger charge is -2.49. The third kappa shape index (κ3) is 2.92.